The number of amides is 2. The number of aryl methyl sites for hydroxylation is 1. The molecule has 0 radical (unpaired) electrons. The van der Waals surface area contributed by atoms with Crippen LogP contribution < -0.4 is 10.6 Å². The molecule has 8 nitrogen and oxygen atoms in total. The summed E-state index contributed by atoms with van der Waals surface area (Å²) in [6, 6.07) is -1.67. The molecule has 21 heavy (non-hydrogen) atoms. The van der Waals surface area contributed by atoms with E-state index < -0.39 is 18.0 Å². The molecule has 9 heteroatoms. The number of aromatic nitrogens is 3. The predicted molar refractivity (Wildman–Crippen MR) is 75.9 cm³/mol. The monoisotopic (exact) mass is 309 g/mol. The lowest BCUT2D eigenvalue weighted by Gasteiger charge is -2.13. The normalized spacial score (nSPS) is 11.9. The highest BCUT2D eigenvalue weighted by Crippen LogP contribution is 2.11. The first-order valence-electron chi connectivity index (χ1n) is 6.19. The Hall–Kier alpha value is -2.42. The first-order chi connectivity index (χ1) is 10.1. The third-order valence-corrected chi connectivity index (χ3v) is 3.37. The van der Waals surface area contributed by atoms with Crippen LogP contribution in [0.15, 0.2) is 23.3 Å². The molecule has 112 valence electrons. The SMILES string of the molecule is Cn1cc(C(NC(=O)NCCc2cscn2)C(=O)O)cn1. The molecule has 3 N–H and O–H groups in total. The minimum absolute atomic E-state index is 0.384. The van der Waals surface area contributed by atoms with Crippen LogP contribution in [0.1, 0.15) is 17.3 Å². The number of nitrogens with zero attached hydrogens (tertiary/aromatic N) is 3. The molecule has 1 unspecified atom stereocenters. The van der Waals surface area contributed by atoms with Crippen molar-refractivity contribution >= 4 is 23.3 Å². The topological polar surface area (TPSA) is 109 Å². The lowest BCUT2D eigenvalue weighted by atomic mass is 10.1. The van der Waals surface area contributed by atoms with Crippen LogP contribution in [0, 0.1) is 0 Å². The Kier molecular flexibility index (Phi) is 4.88. The van der Waals surface area contributed by atoms with Gasteiger partial charge in [-0.05, 0) is 0 Å². The average Bonchev–Trinajstić information content (AvgIpc) is 3.07. The van der Waals surface area contributed by atoms with Crippen molar-refractivity contribution in [3.05, 3.63) is 34.5 Å². The zero-order valence-corrected chi connectivity index (χ0v) is 12.1. The van der Waals surface area contributed by atoms with Crippen molar-refractivity contribution in [2.75, 3.05) is 6.54 Å². The molecular formula is C12H15N5O3S. The van der Waals surface area contributed by atoms with Gasteiger partial charge in [0.1, 0.15) is 0 Å². The fourth-order valence-electron chi connectivity index (χ4n) is 1.72. The van der Waals surface area contributed by atoms with Crippen LogP contribution >= 0.6 is 11.3 Å². The first kappa shape index (κ1) is 15.0. The smallest absolute Gasteiger partial charge is 0.331 e. The van der Waals surface area contributed by atoms with Gasteiger partial charge in [0.25, 0.3) is 0 Å². The van der Waals surface area contributed by atoms with E-state index in [1.807, 2.05) is 5.38 Å². The van der Waals surface area contributed by atoms with Gasteiger partial charge in [0.05, 0.1) is 17.4 Å². The highest BCUT2D eigenvalue weighted by molar-refractivity contribution is 7.07. The summed E-state index contributed by atoms with van der Waals surface area (Å²) >= 11 is 1.49. The van der Waals surface area contributed by atoms with Crippen LogP contribution in [0.25, 0.3) is 0 Å². The van der Waals surface area contributed by atoms with Gasteiger partial charge in [0.2, 0.25) is 0 Å². The molecule has 2 heterocycles. The minimum atomic E-state index is -1.14. The molecule has 0 fully saturated rings. The van der Waals surface area contributed by atoms with Crippen molar-refractivity contribution in [1.29, 1.82) is 0 Å². The molecule has 1 atom stereocenters. The van der Waals surface area contributed by atoms with Gasteiger partial charge >= 0.3 is 12.0 Å². The lowest BCUT2D eigenvalue weighted by molar-refractivity contribution is -0.139. The number of nitrogens with one attached hydrogen (secondary N) is 2. The number of carboxylic acid groups (broad SMARTS) is 1. The summed E-state index contributed by atoms with van der Waals surface area (Å²) in [6.45, 7) is 0.384. The molecule has 2 amide bonds. The Balaban J connectivity index is 1.85. The predicted octanol–water partition coefficient (Wildman–Crippen LogP) is 0.544. The van der Waals surface area contributed by atoms with Crippen LogP contribution in [0.3, 0.4) is 0 Å². The van der Waals surface area contributed by atoms with Crippen LogP contribution in [-0.4, -0.2) is 38.4 Å². The Morgan fingerprint density at radius 1 is 1.52 bits per heavy atom. The maximum Gasteiger partial charge on any atom is 0.331 e. The van der Waals surface area contributed by atoms with Gasteiger partial charge in [0.15, 0.2) is 6.04 Å². The van der Waals surface area contributed by atoms with E-state index in [9.17, 15) is 14.7 Å². The molecule has 0 spiro atoms. The molecule has 0 bridgehead atoms. The molecule has 0 aliphatic carbocycles. The van der Waals surface area contributed by atoms with Crippen LogP contribution in [0.4, 0.5) is 4.79 Å². The number of urea groups is 1. The van der Waals surface area contributed by atoms with Crippen LogP contribution in [-0.2, 0) is 18.3 Å². The van der Waals surface area contributed by atoms with E-state index in [0.717, 1.165) is 5.69 Å². The van der Waals surface area contributed by atoms with E-state index in [4.69, 9.17) is 0 Å². The minimum Gasteiger partial charge on any atom is -0.479 e. The third kappa shape index (κ3) is 4.28. The summed E-state index contributed by atoms with van der Waals surface area (Å²) in [5, 5.41) is 20.0. The highest BCUT2D eigenvalue weighted by Gasteiger charge is 2.23. The van der Waals surface area contributed by atoms with Crippen molar-refractivity contribution in [2.45, 2.75) is 12.5 Å². The maximum atomic E-state index is 11.7. The van der Waals surface area contributed by atoms with Crippen molar-refractivity contribution < 1.29 is 14.7 Å². The Morgan fingerprint density at radius 2 is 2.33 bits per heavy atom. The number of hydrogen-bond acceptors (Lipinski definition) is 5. The number of carbonyl (C=O) groups is 2. The number of carboxylic acids is 1. The molecule has 0 saturated heterocycles. The quantitative estimate of drug-likeness (QED) is 0.722. The zero-order chi connectivity index (χ0) is 15.2. The van der Waals surface area contributed by atoms with Gasteiger partial charge in [-0.25, -0.2) is 14.6 Å². The lowest BCUT2D eigenvalue weighted by Crippen LogP contribution is -2.41. The molecule has 2 rings (SSSR count). The zero-order valence-electron chi connectivity index (χ0n) is 11.3. The van der Waals surface area contributed by atoms with Gasteiger partial charge in [-0.3, -0.25) is 4.68 Å². The molecule has 0 saturated carbocycles. The third-order valence-electron chi connectivity index (χ3n) is 2.73. The average molecular weight is 309 g/mol. The maximum absolute atomic E-state index is 11.7. The molecule has 0 aliphatic heterocycles. The van der Waals surface area contributed by atoms with E-state index in [-0.39, 0.29) is 0 Å². The highest BCUT2D eigenvalue weighted by atomic mass is 32.1. The summed E-state index contributed by atoms with van der Waals surface area (Å²) in [4.78, 5) is 27.0. The fourth-order valence-corrected chi connectivity index (χ4v) is 2.32. The Morgan fingerprint density at radius 3 is 2.90 bits per heavy atom. The van der Waals surface area contributed by atoms with Gasteiger partial charge < -0.3 is 15.7 Å². The number of carbonyl (C=O) groups excluding carboxylic acids is 1. The molecule has 0 aromatic carbocycles. The van der Waals surface area contributed by atoms with E-state index in [0.29, 0.717) is 18.5 Å². The van der Waals surface area contributed by atoms with Gasteiger partial charge in [-0.15, -0.1) is 11.3 Å². The first-order valence-corrected chi connectivity index (χ1v) is 7.13. The summed E-state index contributed by atoms with van der Waals surface area (Å²) in [5.74, 6) is -1.14. The van der Waals surface area contributed by atoms with Crippen LogP contribution in [0.5, 0.6) is 0 Å². The molecular weight excluding hydrogens is 294 g/mol. The second-order valence-electron chi connectivity index (χ2n) is 4.35. The number of aliphatic carboxylic acids is 1. The standard InChI is InChI=1S/C12H15N5O3S/c1-17-5-8(4-15-17)10(11(18)19)16-12(20)13-3-2-9-6-21-7-14-9/h4-7,10H,2-3H2,1H3,(H,18,19)(H2,13,16,20). The number of rotatable bonds is 6. The largest absolute Gasteiger partial charge is 0.479 e. The fraction of sp³-hybridized carbons (Fsp3) is 0.333. The molecule has 2 aromatic rings. The summed E-state index contributed by atoms with van der Waals surface area (Å²) in [6.07, 6.45) is 3.56. The molecule has 0 aliphatic rings. The van der Waals surface area contributed by atoms with E-state index in [1.54, 1.807) is 18.8 Å². The van der Waals surface area contributed by atoms with Crippen molar-refractivity contribution in [2.24, 2.45) is 7.05 Å². The van der Waals surface area contributed by atoms with E-state index >= 15 is 0 Å². The van der Waals surface area contributed by atoms with Gasteiger partial charge in [-0.2, -0.15) is 5.10 Å². The Labute approximate surface area is 124 Å². The van der Waals surface area contributed by atoms with E-state index in [2.05, 4.69) is 20.7 Å². The second-order valence-corrected chi connectivity index (χ2v) is 5.07. The van der Waals surface area contributed by atoms with E-state index in [1.165, 1.54) is 22.2 Å². The summed E-state index contributed by atoms with van der Waals surface area (Å²) in [7, 11) is 1.68. The van der Waals surface area contributed by atoms with Crippen molar-refractivity contribution in [3.8, 4) is 0 Å². The number of thiazole rings is 1. The van der Waals surface area contributed by atoms with Gasteiger partial charge in [0, 0.05) is 37.2 Å². The van der Waals surface area contributed by atoms with Crippen LogP contribution in [0.2, 0.25) is 0 Å². The van der Waals surface area contributed by atoms with Crippen molar-refractivity contribution in [3.63, 3.8) is 0 Å². The second kappa shape index (κ2) is 6.84. The van der Waals surface area contributed by atoms with Crippen molar-refractivity contribution in [1.82, 2.24) is 25.4 Å². The molecule has 2 aromatic heterocycles. The number of hydrogen-bond donors (Lipinski definition) is 3. The Bertz CT molecular complexity index is 610. The summed E-state index contributed by atoms with van der Waals surface area (Å²) in [5.41, 5.74) is 3.03. The van der Waals surface area contributed by atoms with Gasteiger partial charge in [-0.1, -0.05) is 0 Å². The summed E-state index contributed by atoms with van der Waals surface area (Å²) < 4.78 is 1.48.